The van der Waals surface area contributed by atoms with Crippen LogP contribution < -0.4 is 14.2 Å². The average Bonchev–Trinajstić information content (AvgIpc) is 3.27. The molecule has 1 fully saturated rings. The Bertz CT molecular complexity index is 1350. The summed E-state index contributed by atoms with van der Waals surface area (Å²) in [4.78, 5) is 3.52. The highest BCUT2D eigenvalue weighted by Crippen LogP contribution is 2.47. The van der Waals surface area contributed by atoms with Gasteiger partial charge in [0.15, 0.2) is 15.6 Å². The van der Waals surface area contributed by atoms with E-state index in [0.29, 0.717) is 25.9 Å². The highest BCUT2D eigenvalue weighted by Gasteiger charge is 2.27. The summed E-state index contributed by atoms with van der Waals surface area (Å²) >= 11 is 1.66. The summed E-state index contributed by atoms with van der Waals surface area (Å²) in [5.41, 5.74) is 1.15. The van der Waals surface area contributed by atoms with Gasteiger partial charge >= 0.3 is 0 Å². The zero-order valence-corrected chi connectivity index (χ0v) is 23.2. The Labute approximate surface area is 223 Å². The fourth-order valence-corrected chi connectivity index (χ4v) is 7.31. The first-order valence-corrected chi connectivity index (χ1v) is 15.8. The molecule has 198 valence electrons. The summed E-state index contributed by atoms with van der Waals surface area (Å²) in [7, 11) is -1.38. The van der Waals surface area contributed by atoms with Gasteiger partial charge < -0.3 is 14.2 Å². The molecule has 8 heteroatoms. The molecule has 0 bridgehead atoms. The normalized spacial score (nSPS) is 19.0. The van der Waals surface area contributed by atoms with E-state index in [0.717, 1.165) is 50.1 Å². The maximum absolute atomic E-state index is 12.0. The lowest BCUT2D eigenvalue weighted by Gasteiger charge is -2.26. The lowest BCUT2D eigenvalue weighted by atomic mass is 9.97. The zero-order valence-electron chi connectivity index (χ0n) is 21.6. The van der Waals surface area contributed by atoms with Crippen molar-refractivity contribution in [2.24, 2.45) is 0 Å². The summed E-state index contributed by atoms with van der Waals surface area (Å²) < 4.78 is 43.1. The molecule has 0 N–H and O–H groups in total. The fourth-order valence-electron chi connectivity index (χ4n) is 5.10. The van der Waals surface area contributed by atoms with Gasteiger partial charge in [-0.1, -0.05) is 12.5 Å². The van der Waals surface area contributed by atoms with Crippen LogP contribution in [0.3, 0.4) is 0 Å². The zero-order chi connectivity index (χ0) is 25.8. The number of hydrogen-bond donors (Lipinski definition) is 0. The van der Waals surface area contributed by atoms with Gasteiger partial charge in [-0.2, -0.15) is 0 Å². The van der Waals surface area contributed by atoms with Crippen molar-refractivity contribution >= 4 is 36.8 Å². The summed E-state index contributed by atoms with van der Waals surface area (Å²) in [5.74, 6) is 3.19. The number of methoxy groups -OCH3 is 1. The van der Waals surface area contributed by atoms with Gasteiger partial charge in [0, 0.05) is 22.9 Å². The van der Waals surface area contributed by atoms with Gasteiger partial charge in [-0.3, -0.25) is 4.90 Å². The Morgan fingerprint density at radius 1 is 1.00 bits per heavy atom. The van der Waals surface area contributed by atoms with Crippen LogP contribution in [-0.2, 0) is 9.84 Å². The first kappa shape index (κ1) is 26.1. The minimum Gasteiger partial charge on any atom is -0.497 e. The molecule has 1 aromatic heterocycles. The molecule has 37 heavy (non-hydrogen) atoms. The van der Waals surface area contributed by atoms with Gasteiger partial charge in [0.1, 0.15) is 23.9 Å². The minimum atomic E-state index is -3.04. The predicted molar refractivity (Wildman–Crippen MR) is 151 cm³/mol. The molecule has 0 saturated carbocycles. The Morgan fingerprint density at radius 2 is 1.73 bits per heavy atom. The molecule has 2 aliphatic rings. The average molecular weight is 542 g/mol. The molecule has 6 nitrogen and oxygen atoms in total. The molecular weight excluding hydrogens is 506 g/mol. The van der Waals surface area contributed by atoms with Crippen molar-refractivity contribution in [3.63, 3.8) is 0 Å². The number of rotatable bonds is 9. The van der Waals surface area contributed by atoms with E-state index in [4.69, 9.17) is 14.2 Å². The fraction of sp³-hybridized carbons (Fsp3) is 0.448. The van der Waals surface area contributed by atoms with Crippen LogP contribution in [0.25, 0.3) is 15.7 Å². The van der Waals surface area contributed by atoms with Crippen molar-refractivity contribution in [1.29, 1.82) is 0 Å². The molecule has 0 spiro atoms. The molecule has 3 aromatic rings. The second-order valence-electron chi connectivity index (χ2n) is 9.90. The first-order valence-electron chi connectivity index (χ1n) is 13.0. The van der Waals surface area contributed by atoms with Gasteiger partial charge in [0.25, 0.3) is 0 Å². The van der Waals surface area contributed by atoms with E-state index in [-0.39, 0.29) is 5.25 Å². The van der Waals surface area contributed by atoms with E-state index in [1.165, 1.54) is 38.6 Å². The lowest BCUT2D eigenvalue weighted by molar-refractivity contribution is 0.183. The number of ether oxygens (including phenoxy) is 3. The van der Waals surface area contributed by atoms with E-state index < -0.39 is 9.84 Å². The topological polar surface area (TPSA) is 65.1 Å². The lowest BCUT2D eigenvalue weighted by Crippen LogP contribution is -2.33. The Kier molecular flexibility index (Phi) is 8.07. The summed E-state index contributed by atoms with van der Waals surface area (Å²) in [6.07, 6.45) is 9.19. The summed E-state index contributed by atoms with van der Waals surface area (Å²) in [6, 6.07) is 13.8. The molecule has 1 aliphatic carbocycles. The van der Waals surface area contributed by atoms with E-state index in [9.17, 15) is 8.42 Å². The molecule has 2 heterocycles. The smallest absolute Gasteiger partial charge is 0.153 e. The van der Waals surface area contributed by atoms with Crippen LogP contribution in [-0.4, -0.2) is 58.2 Å². The van der Waals surface area contributed by atoms with E-state index in [1.807, 2.05) is 42.5 Å². The van der Waals surface area contributed by atoms with Crippen LogP contribution >= 0.6 is 11.3 Å². The van der Waals surface area contributed by atoms with Gasteiger partial charge in [-0.15, -0.1) is 11.3 Å². The number of fused-ring (bicyclic) bond motifs is 1. The molecule has 0 radical (unpaired) electrons. The van der Waals surface area contributed by atoms with Crippen LogP contribution in [0.15, 0.2) is 48.5 Å². The van der Waals surface area contributed by atoms with E-state index in [1.54, 1.807) is 18.4 Å². The largest absolute Gasteiger partial charge is 0.497 e. The molecule has 0 amide bonds. The van der Waals surface area contributed by atoms with Crippen molar-refractivity contribution < 1.29 is 22.6 Å². The van der Waals surface area contributed by atoms with E-state index in [2.05, 4.69) is 11.0 Å². The molecular formula is C29H35NO5S2. The number of nitrogens with zero attached hydrogens (tertiary/aromatic N) is 1. The standard InChI is InChI=1S/C29H35NO5S2/c1-33-24-12-15-26-27(20-24)36-29(21-6-13-25(14-7-21)37(2,31)32)28(26)35-23-10-8-22(9-11-23)34-19-18-30-16-4-3-5-17-30/h6,8-12,15,20,25H,3-5,7,13-14,16-19H2,1-2H3. The van der Waals surface area contributed by atoms with Crippen LogP contribution in [0.5, 0.6) is 23.0 Å². The molecule has 1 unspecified atom stereocenters. The number of thiophene rings is 1. The van der Waals surface area contributed by atoms with Gasteiger partial charge in [-0.25, -0.2) is 8.42 Å². The second-order valence-corrected chi connectivity index (χ2v) is 13.3. The number of hydrogen-bond acceptors (Lipinski definition) is 7. The third kappa shape index (κ3) is 6.30. The van der Waals surface area contributed by atoms with Crippen molar-refractivity contribution in [2.75, 3.05) is 39.6 Å². The predicted octanol–water partition coefficient (Wildman–Crippen LogP) is 6.55. The Balaban J connectivity index is 1.34. The van der Waals surface area contributed by atoms with Crippen LogP contribution in [0, 0.1) is 0 Å². The number of likely N-dealkylation sites (tertiary alicyclic amines) is 1. The third-order valence-corrected chi connectivity index (χ3v) is 10.1. The second kappa shape index (κ2) is 11.5. The van der Waals surface area contributed by atoms with Crippen molar-refractivity contribution in [3.8, 4) is 23.0 Å². The number of sulfone groups is 1. The first-order chi connectivity index (χ1) is 17.9. The molecule has 1 atom stereocenters. The van der Waals surface area contributed by atoms with Gasteiger partial charge in [0.05, 0.1) is 17.2 Å². The van der Waals surface area contributed by atoms with Crippen LogP contribution in [0.1, 0.15) is 43.4 Å². The molecule has 2 aromatic carbocycles. The third-order valence-electron chi connectivity index (χ3n) is 7.28. The van der Waals surface area contributed by atoms with Crippen LogP contribution in [0.2, 0.25) is 0 Å². The maximum Gasteiger partial charge on any atom is 0.153 e. The van der Waals surface area contributed by atoms with E-state index >= 15 is 0 Å². The van der Waals surface area contributed by atoms with Crippen molar-refractivity contribution in [2.45, 2.75) is 43.8 Å². The van der Waals surface area contributed by atoms with Gasteiger partial charge in [0.2, 0.25) is 0 Å². The van der Waals surface area contributed by atoms with Crippen molar-refractivity contribution in [3.05, 3.63) is 53.4 Å². The highest BCUT2D eigenvalue weighted by molar-refractivity contribution is 7.91. The molecule has 5 rings (SSSR count). The van der Waals surface area contributed by atoms with Crippen LogP contribution in [0.4, 0.5) is 0 Å². The summed E-state index contributed by atoms with van der Waals surface area (Å²) in [6.45, 7) is 3.99. The van der Waals surface area contributed by atoms with Crippen molar-refractivity contribution in [1.82, 2.24) is 4.90 Å². The number of allylic oxidation sites excluding steroid dienone is 2. The SMILES string of the molecule is COc1ccc2c(Oc3ccc(OCCN4CCCCC4)cc3)c(C3=CCC(S(C)(=O)=O)CC3)sc2c1. The minimum absolute atomic E-state index is 0.308. The number of piperidine rings is 1. The molecule has 1 saturated heterocycles. The van der Waals surface area contributed by atoms with Gasteiger partial charge in [-0.05, 0) is 93.2 Å². The Hall–Kier alpha value is -2.55. The quantitative estimate of drug-likeness (QED) is 0.306. The maximum atomic E-state index is 12.0. The highest BCUT2D eigenvalue weighted by atomic mass is 32.2. The molecule has 1 aliphatic heterocycles. The monoisotopic (exact) mass is 541 g/mol. The Morgan fingerprint density at radius 3 is 2.41 bits per heavy atom. The summed E-state index contributed by atoms with van der Waals surface area (Å²) in [5, 5.41) is 0.714. The number of benzene rings is 2.